The zero-order chi connectivity index (χ0) is 22.6. The first-order valence-electron chi connectivity index (χ1n) is 10.5. The number of hydrogen-bond donors (Lipinski definition) is 2. The third kappa shape index (κ3) is 4.98. The number of amides is 2. The molecular formula is C24H25N3O4S. The van der Waals surface area contributed by atoms with E-state index in [1.165, 1.54) is 4.31 Å². The maximum Gasteiger partial charge on any atom is 0.243 e. The SMILES string of the molecule is O=C(CNC(=O)C1CCCN(S(=O)(=O)c2ccccc2)C1)Nc1ccc2ccccc2c1. The van der Waals surface area contributed by atoms with Crippen molar-refractivity contribution < 1.29 is 18.0 Å². The van der Waals surface area contributed by atoms with Gasteiger partial charge in [-0.25, -0.2) is 8.42 Å². The van der Waals surface area contributed by atoms with E-state index < -0.39 is 15.9 Å². The lowest BCUT2D eigenvalue weighted by molar-refractivity contribution is -0.128. The van der Waals surface area contributed by atoms with E-state index in [4.69, 9.17) is 0 Å². The third-order valence-electron chi connectivity index (χ3n) is 5.59. The normalized spacial score (nSPS) is 17.1. The summed E-state index contributed by atoms with van der Waals surface area (Å²) in [5, 5.41) is 7.52. The largest absolute Gasteiger partial charge is 0.347 e. The number of benzene rings is 3. The highest BCUT2D eigenvalue weighted by atomic mass is 32.2. The summed E-state index contributed by atoms with van der Waals surface area (Å²) in [5.41, 5.74) is 0.653. The van der Waals surface area contributed by atoms with Crippen molar-refractivity contribution in [3.05, 3.63) is 72.8 Å². The van der Waals surface area contributed by atoms with Crippen LogP contribution >= 0.6 is 0 Å². The molecule has 0 aromatic heterocycles. The molecule has 0 radical (unpaired) electrons. The minimum absolute atomic E-state index is 0.107. The standard InChI is InChI=1S/C24H25N3O4S/c28-23(26-21-13-12-18-7-4-5-8-19(18)15-21)16-25-24(29)20-9-6-14-27(17-20)32(30,31)22-10-2-1-3-11-22/h1-5,7-8,10-13,15,20H,6,9,14,16-17H2,(H,25,29)(H,26,28). The molecule has 1 atom stereocenters. The molecule has 3 aromatic carbocycles. The second-order valence-corrected chi connectivity index (χ2v) is 9.78. The van der Waals surface area contributed by atoms with Crippen molar-refractivity contribution in [2.45, 2.75) is 17.7 Å². The van der Waals surface area contributed by atoms with Gasteiger partial charge < -0.3 is 10.6 Å². The Hall–Kier alpha value is -3.23. The predicted octanol–water partition coefficient (Wildman–Crippen LogP) is 3.00. The molecule has 4 rings (SSSR count). The van der Waals surface area contributed by atoms with E-state index in [9.17, 15) is 18.0 Å². The molecule has 1 aliphatic heterocycles. The fourth-order valence-corrected chi connectivity index (χ4v) is 5.45. The minimum atomic E-state index is -3.64. The maximum atomic E-state index is 12.8. The fraction of sp³-hybridized carbons (Fsp3) is 0.250. The van der Waals surface area contributed by atoms with Crippen LogP contribution in [0.2, 0.25) is 0 Å². The Morgan fingerprint density at radius 1 is 0.938 bits per heavy atom. The highest BCUT2D eigenvalue weighted by Gasteiger charge is 2.33. The Morgan fingerprint density at radius 3 is 2.44 bits per heavy atom. The van der Waals surface area contributed by atoms with E-state index in [-0.39, 0.29) is 29.8 Å². The molecule has 1 fully saturated rings. The van der Waals surface area contributed by atoms with Crippen LogP contribution in [0.4, 0.5) is 5.69 Å². The van der Waals surface area contributed by atoms with Gasteiger partial charge in [0, 0.05) is 18.8 Å². The van der Waals surface area contributed by atoms with Crippen LogP contribution in [0.3, 0.4) is 0 Å². The van der Waals surface area contributed by atoms with Crippen LogP contribution in [0.1, 0.15) is 12.8 Å². The van der Waals surface area contributed by atoms with Crippen LogP contribution in [0, 0.1) is 5.92 Å². The van der Waals surface area contributed by atoms with E-state index in [0.717, 1.165) is 10.8 Å². The number of hydrogen-bond acceptors (Lipinski definition) is 4. The number of piperidine rings is 1. The van der Waals surface area contributed by atoms with Crippen molar-refractivity contribution >= 4 is 38.3 Å². The van der Waals surface area contributed by atoms with Crippen LogP contribution < -0.4 is 10.6 Å². The highest BCUT2D eigenvalue weighted by molar-refractivity contribution is 7.89. The quantitative estimate of drug-likeness (QED) is 0.602. The first-order valence-corrected chi connectivity index (χ1v) is 12.0. The van der Waals surface area contributed by atoms with E-state index in [2.05, 4.69) is 10.6 Å². The van der Waals surface area contributed by atoms with Crippen molar-refractivity contribution in [3.8, 4) is 0 Å². The van der Waals surface area contributed by atoms with Gasteiger partial charge in [-0.1, -0.05) is 48.5 Å². The van der Waals surface area contributed by atoms with Gasteiger partial charge in [0.05, 0.1) is 17.4 Å². The number of fused-ring (bicyclic) bond motifs is 1. The average Bonchev–Trinajstić information content (AvgIpc) is 2.83. The van der Waals surface area contributed by atoms with Crippen molar-refractivity contribution in [1.29, 1.82) is 0 Å². The molecule has 1 heterocycles. The first-order chi connectivity index (χ1) is 15.4. The molecule has 1 unspecified atom stereocenters. The summed E-state index contributed by atoms with van der Waals surface area (Å²) >= 11 is 0. The number of nitrogens with one attached hydrogen (secondary N) is 2. The molecule has 32 heavy (non-hydrogen) atoms. The monoisotopic (exact) mass is 451 g/mol. The molecule has 0 bridgehead atoms. The number of nitrogens with zero attached hydrogens (tertiary/aromatic N) is 1. The molecular weight excluding hydrogens is 426 g/mol. The average molecular weight is 452 g/mol. The Kier molecular flexibility index (Phi) is 6.53. The zero-order valence-electron chi connectivity index (χ0n) is 17.5. The van der Waals surface area contributed by atoms with Gasteiger partial charge in [0.25, 0.3) is 0 Å². The van der Waals surface area contributed by atoms with Gasteiger partial charge in [-0.2, -0.15) is 4.31 Å². The first kappa shape index (κ1) is 22.0. The van der Waals surface area contributed by atoms with Crippen molar-refractivity contribution in [2.75, 3.05) is 25.0 Å². The second kappa shape index (κ2) is 9.50. The van der Waals surface area contributed by atoms with Gasteiger partial charge in [0.1, 0.15) is 0 Å². The van der Waals surface area contributed by atoms with Crippen molar-refractivity contribution in [1.82, 2.24) is 9.62 Å². The summed E-state index contributed by atoms with van der Waals surface area (Å²) in [6.45, 7) is 0.312. The van der Waals surface area contributed by atoms with Crippen LogP contribution in [0.5, 0.6) is 0 Å². The van der Waals surface area contributed by atoms with Gasteiger partial charge in [0.2, 0.25) is 21.8 Å². The fourth-order valence-electron chi connectivity index (χ4n) is 3.90. The van der Waals surface area contributed by atoms with Crippen molar-refractivity contribution in [3.63, 3.8) is 0 Å². The molecule has 166 valence electrons. The predicted molar refractivity (Wildman–Crippen MR) is 124 cm³/mol. The second-order valence-electron chi connectivity index (χ2n) is 7.84. The lowest BCUT2D eigenvalue weighted by atomic mass is 9.99. The number of carbonyl (C=O) groups excluding carboxylic acids is 2. The molecule has 1 saturated heterocycles. The summed E-state index contributed by atoms with van der Waals surface area (Å²) in [7, 11) is -3.64. The van der Waals surface area contributed by atoms with Crippen LogP contribution in [0.15, 0.2) is 77.7 Å². The Bertz CT molecular complexity index is 1230. The molecule has 7 nitrogen and oxygen atoms in total. The van der Waals surface area contributed by atoms with Gasteiger partial charge >= 0.3 is 0 Å². The molecule has 1 aliphatic rings. The highest BCUT2D eigenvalue weighted by Crippen LogP contribution is 2.24. The van der Waals surface area contributed by atoms with E-state index in [1.807, 2.05) is 42.5 Å². The molecule has 0 spiro atoms. The van der Waals surface area contributed by atoms with E-state index in [0.29, 0.717) is 25.1 Å². The smallest absolute Gasteiger partial charge is 0.243 e. The number of anilines is 1. The number of carbonyl (C=O) groups is 2. The Labute approximate surface area is 187 Å². The maximum absolute atomic E-state index is 12.8. The summed E-state index contributed by atoms with van der Waals surface area (Å²) in [4.78, 5) is 25.2. The van der Waals surface area contributed by atoms with Crippen LogP contribution in [0.25, 0.3) is 10.8 Å². The molecule has 3 aromatic rings. The molecule has 8 heteroatoms. The van der Waals surface area contributed by atoms with Crippen LogP contribution in [-0.2, 0) is 19.6 Å². The lowest BCUT2D eigenvalue weighted by Crippen LogP contribution is -2.46. The summed E-state index contributed by atoms with van der Waals surface area (Å²) in [5.74, 6) is -1.14. The Morgan fingerprint density at radius 2 is 1.66 bits per heavy atom. The van der Waals surface area contributed by atoms with Gasteiger partial charge in [-0.05, 0) is 47.9 Å². The third-order valence-corrected chi connectivity index (χ3v) is 7.47. The summed E-state index contributed by atoms with van der Waals surface area (Å²) < 4.78 is 27.0. The lowest BCUT2D eigenvalue weighted by Gasteiger charge is -2.31. The minimum Gasteiger partial charge on any atom is -0.347 e. The molecule has 2 N–H and O–H groups in total. The van der Waals surface area contributed by atoms with E-state index in [1.54, 1.807) is 30.3 Å². The molecule has 0 saturated carbocycles. The topological polar surface area (TPSA) is 95.6 Å². The number of rotatable bonds is 6. The summed E-state index contributed by atoms with van der Waals surface area (Å²) in [6.07, 6.45) is 1.17. The Balaban J connectivity index is 1.32. The van der Waals surface area contributed by atoms with E-state index >= 15 is 0 Å². The van der Waals surface area contributed by atoms with Gasteiger partial charge in [-0.15, -0.1) is 0 Å². The van der Waals surface area contributed by atoms with Crippen molar-refractivity contribution in [2.24, 2.45) is 5.92 Å². The number of sulfonamides is 1. The summed E-state index contributed by atoms with van der Waals surface area (Å²) in [6, 6.07) is 21.7. The zero-order valence-corrected chi connectivity index (χ0v) is 18.3. The molecule has 2 amide bonds. The van der Waals surface area contributed by atoms with Gasteiger partial charge in [-0.3, -0.25) is 9.59 Å². The molecule has 0 aliphatic carbocycles. The van der Waals surface area contributed by atoms with Gasteiger partial charge in [0.15, 0.2) is 0 Å². The van der Waals surface area contributed by atoms with Crippen LogP contribution in [-0.4, -0.2) is 44.2 Å².